The summed E-state index contributed by atoms with van der Waals surface area (Å²) in [6.07, 6.45) is 3.31. The van der Waals surface area contributed by atoms with E-state index in [0.29, 0.717) is 16.6 Å². The Kier molecular flexibility index (Phi) is 5.44. The van der Waals surface area contributed by atoms with Crippen molar-refractivity contribution in [2.45, 2.75) is 39.2 Å². The Labute approximate surface area is 126 Å². The van der Waals surface area contributed by atoms with Crippen molar-refractivity contribution >= 4 is 17.5 Å². The monoisotopic (exact) mass is 294 g/mol. The van der Waals surface area contributed by atoms with Crippen LogP contribution in [-0.2, 0) is 0 Å². The van der Waals surface area contributed by atoms with Gasteiger partial charge in [0.05, 0.1) is 10.6 Å². The molecule has 1 aliphatic rings. The first-order valence-electron chi connectivity index (χ1n) is 7.41. The fraction of sp³-hybridized carbons (Fsp3) is 0.562. The van der Waals surface area contributed by atoms with Crippen molar-refractivity contribution in [2.75, 3.05) is 19.6 Å². The van der Waals surface area contributed by atoms with Gasteiger partial charge in [-0.2, -0.15) is 0 Å². The number of aryl methyl sites for hydroxylation is 1. The lowest BCUT2D eigenvalue weighted by Gasteiger charge is -2.26. The molecule has 1 heterocycles. The van der Waals surface area contributed by atoms with Gasteiger partial charge in [-0.25, -0.2) is 0 Å². The Bertz CT molecular complexity index is 470. The summed E-state index contributed by atoms with van der Waals surface area (Å²) in [5.74, 6) is 0.0502. The molecule has 1 aromatic rings. The first kappa shape index (κ1) is 15.3. The van der Waals surface area contributed by atoms with Gasteiger partial charge in [0.15, 0.2) is 0 Å². The van der Waals surface area contributed by atoms with Crippen molar-refractivity contribution < 1.29 is 4.79 Å². The highest BCUT2D eigenvalue weighted by atomic mass is 35.5. The average Bonchev–Trinajstić information content (AvgIpc) is 2.94. The number of carbonyl (C=O) groups is 1. The van der Waals surface area contributed by atoms with Gasteiger partial charge in [0.25, 0.3) is 5.91 Å². The van der Waals surface area contributed by atoms with Crippen LogP contribution in [-0.4, -0.2) is 36.5 Å². The van der Waals surface area contributed by atoms with Gasteiger partial charge in [-0.3, -0.25) is 4.79 Å². The van der Waals surface area contributed by atoms with Crippen LogP contribution in [0.1, 0.15) is 42.1 Å². The zero-order valence-corrected chi connectivity index (χ0v) is 13.0. The van der Waals surface area contributed by atoms with E-state index in [1.54, 1.807) is 0 Å². The highest BCUT2D eigenvalue weighted by Crippen LogP contribution is 2.22. The van der Waals surface area contributed by atoms with E-state index in [4.69, 9.17) is 11.6 Å². The van der Waals surface area contributed by atoms with E-state index in [1.807, 2.05) is 30.0 Å². The molecule has 1 amide bonds. The fourth-order valence-corrected chi connectivity index (χ4v) is 2.91. The Morgan fingerprint density at radius 2 is 2.30 bits per heavy atom. The second-order valence-corrected chi connectivity index (χ2v) is 5.86. The second kappa shape index (κ2) is 7.09. The van der Waals surface area contributed by atoms with Crippen molar-refractivity contribution in [1.82, 2.24) is 10.2 Å². The van der Waals surface area contributed by atoms with E-state index in [0.717, 1.165) is 38.0 Å². The lowest BCUT2D eigenvalue weighted by molar-refractivity contribution is 0.0742. The van der Waals surface area contributed by atoms with Crippen LogP contribution in [0.3, 0.4) is 0 Å². The molecule has 110 valence electrons. The molecular formula is C16H23ClN2O. The molecule has 0 aliphatic carbocycles. The van der Waals surface area contributed by atoms with Crippen LogP contribution in [0.5, 0.6) is 0 Å². The Morgan fingerprint density at radius 3 is 2.95 bits per heavy atom. The zero-order valence-electron chi connectivity index (χ0n) is 12.3. The molecule has 0 spiro atoms. The van der Waals surface area contributed by atoms with Gasteiger partial charge < -0.3 is 10.2 Å². The predicted octanol–water partition coefficient (Wildman–Crippen LogP) is 3.25. The molecule has 1 saturated heterocycles. The molecule has 0 bridgehead atoms. The lowest BCUT2D eigenvalue weighted by atomic mass is 10.1. The van der Waals surface area contributed by atoms with Gasteiger partial charge in [-0.1, -0.05) is 30.7 Å². The molecule has 0 radical (unpaired) electrons. The highest BCUT2D eigenvalue weighted by molar-refractivity contribution is 6.34. The summed E-state index contributed by atoms with van der Waals surface area (Å²) in [4.78, 5) is 14.6. The third-order valence-corrected chi connectivity index (χ3v) is 4.31. The molecule has 1 N–H and O–H groups in total. The first-order chi connectivity index (χ1) is 9.63. The third kappa shape index (κ3) is 3.53. The highest BCUT2D eigenvalue weighted by Gasteiger charge is 2.23. The van der Waals surface area contributed by atoms with E-state index < -0.39 is 0 Å². The van der Waals surface area contributed by atoms with Gasteiger partial charge >= 0.3 is 0 Å². The Morgan fingerprint density at radius 1 is 1.50 bits per heavy atom. The third-order valence-electron chi connectivity index (χ3n) is 3.81. The van der Waals surface area contributed by atoms with Gasteiger partial charge in [0, 0.05) is 19.1 Å². The maximum Gasteiger partial charge on any atom is 0.255 e. The van der Waals surface area contributed by atoms with Crippen molar-refractivity contribution in [1.29, 1.82) is 0 Å². The van der Waals surface area contributed by atoms with Crippen molar-refractivity contribution in [3.8, 4) is 0 Å². The van der Waals surface area contributed by atoms with Gasteiger partial charge in [0.1, 0.15) is 0 Å². The Hall–Kier alpha value is -1.06. The lowest BCUT2D eigenvalue weighted by Crippen LogP contribution is -2.41. The molecule has 3 nitrogen and oxygen atoms in total. The summed E-state index contributed by atoms with van der Waals surface area (Å²) >= 11 is 6.29. The number of nitrogens with one attached hydrogen (secondary N) is 1. The van der Waals surface area contributed by atoms with Crippen LogP contribution in [0.25, 0.3) is 0 Å². The molecule has 1 atom stereocenters. The number of nitrogens with zero attached hydrogens (tertiary/aromatic N) is 1. The van der Waals surface area contributed by atoms with Crippen LogP contribution < -0.4 is 5.32 Å². The van der Waals surface area contributed by atoms with Crippen LogP contribution in [0, 0.1) is 6.92 Å². The summed E-state index contributed by atoms with van der Waals surface area (Å²) in [5, 5.41) is 4.03. The quantitative estimate of drug-likeness (QED) is 0.904. The molecular weight excluding hydrogens is 272 g/mol. The first-order valence-corrected chi connectivity index (χ1v) is 7.79. The minimum Gasteiger partial charge on any atom is -0.337 e. The van der Waals surface area contributed by atoms with E-state index in [9.17, 15) is 4.79 Å². The minimum atomic E-state index is 0.0502. The maximum atomic E-state index is 12.7. The zero-order chi connectivity index (χ0) is 14.5. The summed E-state index contributed by atoms with van der Waals surface area (Å²) in [6, 6.07) is 6.07. The number of benzene rings is 1. The summed E-state index contributed by atoms with van der Waals surface area (Å²) in [7, 11) is 0. The number of carbonyl (C=O) groups excluding carboxylic acids is 1. The number of rotatable bonds is 5. The van der Waals surface area contributed by atoms with E-state index >= 15 is 0 Å². The molecule has 4 heteroatoms. The molecule has 20 heavy (non-hydrogen) atoms. The molecule has 1 fully saturated rings. The minimum absolute atomic E-state index is 0.0502. The topological polar surface area (TPSA) is 32.3 Å². The van der Waals surface area contributed by atoms with Crippen LogP contribution in [0.15, 0.2) is 18.2 Å². The van der Waals surface area contributed by atoms with Gasteiger partial charge in [-0.15, -0.1) is 0 Å². The van der Waals surface area contributed by atoms with E-state index in [-0.39, 0.29) is 5.91 Å². The van der Waals surface area contributed by atoms with E-state index in [1.165, 1.54) is 6.42 Å². The van der Waals surface area contributed by atoms with Crippen LogP contribution in [0.4, 0.5) is 0 Å². The maximum absolute atomic E-state index is 12.7. The SMILES string of the molecule is CCCN(CC1CCCN1)C(=O)c1cccc(C)c1Cl. The smallest absolute Gasteiger partial charge is 0.255 e. The molecule has 1 aromatic carbocycles. The molecule has 0 saturated carbocycles. The molecule has 0 aromatic heterocycles. The van der Waals surface area contributed by atoms with Crippen LogP contribution >= 0.6 is 11.6 Å². The number of halogens is 1. The fourth-order valence-electron chi connectivity index (χ4n) is 2.71. The average molecular weight is 295 g/mol. The van der Waals surface area contributed by atoms with Crippen molar-refractivity contribution in [3.05, 3.63) is 34.3 Å². The number of amides is 1. The van der Waals surface area contributed by atoms with Crippen molar-refractivity contribution in [2.24, 2.45) is 0 Å². The number of hydrogen-bond acceptors (Lipinski definition) is 2. The number of hydrogen-bond donors (Lipinski definition) is 1. The second-order valence-electron chi connectivity index (χ2n) is 5.48. The van der Waals surface area contributed by atoms with Gasteiger partial charge in [-0.05, 0) is 44.4 Å². The van der Waals surface area contributed by atoms with Crippen LogP contribution in [0.2, 0.25) is 5.02 Å². The van der Waals surface area contributed by atoms with E-state index in [2.05, 4.69) is 12.2 Å². The summed E-state index contributed by atoms with van der Waals surface area (Å²) < 4.78 is 0. The summed E-state index contributed by atoms with van der Waals surface area (Å²) in [5.41, 5.74) is 1.58. The standard InChI is InChI=1S/C16H23ClN2O/c1-3-10-19(11-13-7-5-9-18-13)16(20)14-8-4-6-12(2)15(14)17/h4,6,8,13,18H,3,5,7,9-11H2,1-2H3. The summed E-state index contributed by atoms with van der Waals surface area (Å²) in [6.45, 7) is 6.64. The largest absolute Gasteiger partial charge is 0.337 e. The van der Waals surface area contributed by atoms with Crippen molar-refractivity contribution in [3.63, 3.8) is 0 Å². The normalized spacial score (nSPS) is 18.2. The van der Waals surface area contributed by atoms with Gasteiger partial charge in [0.2, 0.25) is 0 Å². The molecule has 1 aliphatic heterocycles. The Balaban J connectivity index is 2.14. The molecule has 2 rings (SSSR count). The predicted molar refractivity (Wildman–Crippen MR) is 83.4 cm³/mol. The molecule has 1 unspecified atom stereocenters.